The second-order valence-corrected chi connectivity index (χ2v) is 5.66. The molecule has 0 aliphatic carbocycles. The van der Waals surface area contributed by atoms with Crippen LogP contribution in [0.1, 0.15) is 20.3 Å². The maximum atomic E-state index is 12.3. The Morgan fingerprint density at radius 3 is 2.64 bits per heavy atom. The standard InChI is InChI=1S/C13H19F3N6O3/c1-6(2)24-12-19-9(17)8(21-18)10(20-12)22-4-3-7(5-22)25-11(23)13(14,15)16/h6-7,21H,3-5,18H2,1-2H3,(H2,17,19,20). The number of hydrogen-bond acceptors (Lipinski definition) is 9. The zero-order valence-corrected chi connectivity index (χ0v) is 13.6. The van der Waals surface area contributed by atoms with Crippen LogP contribution in [0.3, 0.4) is 0 Å². The number of esters is 1. The van der Waals surface area contributed by atoms with Gasteiger partial charge in [-0.05, 0) is 13.8 Å². The van der Waals surface area contributed by atoms with Crippen molar-refractivity contribution in [2.75, 3.05) is 29.1 Å². The Morgan fingerprint density at radius 2 is 2.08 bits per heavy atom. The molecule has 5 N–H and O–H groups in total. The molecule has 1 aromatic rings. The van der Waals surface area contributed by atoms with Crippen LogP contribution in [0.15, 0.2) is 0 Å². The highest BCUT2D eigenvalue weighted by molar-refractivity contribution is 5.77. The van der Waals surface area contributed by atoms with E-state index in [4.69, 9.17) is 16.3 Å². The first kappa shape index (κ1) is 18.8. The van der Waals surface area contributed by atoms with Gasteiger partial charge in [0.25, 0.3) is 0 Å². The highest BCUT2D eigenvalue weighted by Gasteiger charge is 2.43. The maximum Gasteiger partial charge on any atom is 0.490 e. The number of halogens is 3. The van der Waals surface area contributed by atoms with Crippen LogP contribution in [0.4, 0.5) is 30.5 Å². The van der Waals surface area contributed by atoms with Crippen molar-refractivity contribution in [1.82, 2.24) is 9.97 Å². The van der Waals surface area contributed by atoms with Crippen LogP contribution in [-0.2, 0) is 9.53 Å². The third kappa shape index (κ3) is 4.53. The number of anilines is 3. The molecule has 0 aromatic carbocycles. The van der Waals surface area contributed by atoms with Gasteiger partial charge in [-0.1, -0.05) is 0 Å². The number of ether oxygens (including phenoxy) is 2. The summed E-state index contributed by atoms with van der Waals surface area (Å²) >= 11 is 0. The molecule has 1 atom stereocenters. The minimum Gasteiger partial charge on any atom is -0.461 e. The second kappa shape index (κ2) is 7.17. The lowest BCUT2D eigenvalue weighted by Gasteiger charge is -2.22. The minimum absolute atomic E-state index is 0.00801. The summed E-state index contributed by atoms with van der Waals surface area (Å²) in [6.07, 6.45) is -5.96. The number of alkyl halides is 3. The number of aromatic nitrogens is 2. The van der Waals surface area contributed by atoms with Gasteiger partial charge in [0.15, 0.2) is 11.6 Å². The zero-order valence-electron chi connectivity index (χ0n) is 13.6. The van der Waals surface area contributed by atoms with Crippen molar-refractivity contribution in [1.29, 1.82) is 0 Å². The van der Waals surface area contributed by atoms with Crippen LogP contribution < -0.4 is 26.6 Å². The molecule has 140 valence electrons. The van der Waals surface area contributed by atoms with E-state index in [1.54, 1.807) is 18.7 Å². The molecule has 1 aliphatic rings. The molecule has 25 heavy (non-hydrogen) atoms. The van der Waals surface area contributed by atoms with E-state index >= 15 is 0 Å². The lowest BCUT2D eigenvalue weighted by Crippen LogP contribution is -2.32. The van der Waals surface area contributed by atoms with E-state index in [2.05, 4.69) is 20.1 Å². The number of carbonyl (C=O) groups is 1. The van der Waals surface area contributed by atoms with Gasteiger partial charge in [-0.15, -0.1) is 0 Å². The van der Waals surface area contributed by atoms with Gasteiger partial charge in [0.05, 0.1) is 12.6 Å². The molecule has 1 unspecified atom stereocenters. The van der Waals surface area contributed by atoms with Crippen molar-refractivity contribution >= 4 is 23.3 Å². The fourth-order valence-corrected chi connectivity index (χ4v) is 2.31. The van der Waals surface area contributed by atoms with Crippen molar-refractivity contribution in [3.63, 3.8) is 0 Å². The lowest BCUT2D eigenvalue weighted by molar-refractivity contribution is -0.203. The summed E-state index contributed by atoms with van der Waals surface area (Å²) in [6.45, 7) is 3.85. The molecule has 9 nitrogen and oxygen atoms in total. The Kier molecular flexibility index (Phi) is 5.40. The van der Waals surface area contributed by atoms with Gasteiger partial charge >= 0.3 is 18.2 Å². The van der Waals surface area contributed by atoms with Gasteiger partial charge < -0.3 is 25.5 Å². The number of nitrogens with two attached hydrogens (primary N) is 2. The molecule has 2 heterocycles. The molecule has 1 aliphatic heterocycles. The van der Waals surface area contributed by atoms with Crippen molar-refractivity contribution in [2.45, 2.75) is 38.7 Å². The molecule has 0 bridgehead atoms. The van der Waals surface area contributed by atoms with Gasteiger partial charge in [0, 0.05) is 13.0 Å². The number of nitrogens with one attached hydrogen (secondary N) is 1. The smallest absolute Gasteiger partial charge is 0.461 e. The first-order chi connectivity index (χ1) is 11.6. The van der Waals surface area contributed by atoms with Crippen LogP contribution in [0.2, 0.25) is 0 Å². The molecule has 12 heteroatoms. The topological polar surface area (TPSA) is 129 Å². The van der Waals surface area contributed by atoms with E-state index < -0.39 is 18.2 Å². The molecular weight excluding hydrogens is 345 g/mol. The number of nitrogens with zero attached hydrogens (tertiary/aromatic N) is 3. The van der Waals surface area contributed by atoms with E-state index in [1.165, 1.54) is 0 Å². The van der Waals surface area contributed by atoms with E-state index in [0.29, 0.717) is 6.54 Å². The van der Waals surface area contributed by atoms with E-state index in [1.807, 2.05) is 0 Å². The molecule has 2 rings (SSSR count). The fourth-order valence-electron chi connectivity index (χ4n) is 2.31. The summed E-state index contributed by atoms with van der Waals surface area (Å²) in [5, 5.41) is 0. The van der Waals surface area contributed by atoms with Crippen LogP contribution >= 0.6 is 0 Å². The average Bonchev–Trinajstić information content (AvgIpc) is 2.93. The molecule has 1 fully saturated rings. The number of rotatable bonds is 5. The number of hydrazine groups is 1. The monoisotopic (exact) mass is 364 g/mol. The Morgan fingerprint density at radius 1 is 1.40 bits per heavy atom. The summed E-state index contributed by atoms with van der Waals surface area (Å²) in [5.41, 5.74) is 8.39. The third-order valence-corrected chi connectivity index (χ3v) is 3.33. The van der Waals surface area contributed by atoms with Gasteiger partial charge in [-0.25, -0.2) is 4.79 Å². The largest absolute Gasteiger partial charge is 0.490 e. The van der Waals surface area contributed by atoms with Crippen LogP contribution in [-0.4, -0.2) is 47.4 Å². The van der Waals surface area contributed by atoms with Crippen LogP contribution in [0, 0.1) is 0 Å². The predicted molar refractivity (Wildman–Crippen MR) is 82.8 cm³/mol. The molecule has 1 saturated heterocycles. The molecule has 0 saturated carbocycles. The molecule has 0 spiro atoms. The first-order valence-electron chi connectivity index (χ1n) is 7.45. The minimum atomic E-state index is -5.03. The number of hydrogen-bond donors (Lipinski definition) is 3. The van der Waals surface area contributed by atoms with E-state index in [-0.39, 0.29) is 42.4 Å². The number of carbonyl (C=O) groups excluding carboxylic acids is 1. The lowest BCUT2D eigenvalue weighted by atomic mass is 10.3. The third-order valence-electron chi connectivity index (χ3n) is 3.33. The Hall–Kier alpha value is -2.50. The van der Waals surface area contributed by atoms with Crippen LogP contribution in [0.25, 0.3) is 0 Å². The van der Waals surface area contributed by atoms with Gasteiger partial charge in [-0.2, -0.15) is 23.1 Å². The fraction of sp³-hybridized carbons (Fsp3) is 0.615. The van der Waals surface area contributed by atoms with E-state index in [9.17, 15) is 18.0 Å². The maximum absolute atomic E-state index is 12.3. The summed E-state index contributed by atoms with van der Waals surface area (Å²) in [7, 11) is 0. The van der Waals surface area contributed by atoms with Gasteiger partial charge in [-0.3, -0.25) is 5.84 Å². The molecule has 1 aromatic heterocycles. The Labute approximate surface area is 141 Å². The van der Waals surface area contributed by atoms with Gasteiger partial charge in [0.1, 0.15) is 11.8 Å². The second-order valence-electron chi connectivity index (χ2n) is 5.66. The van der Waals surface area contributed by atoms with Crippen molar-refractivity contribution < 1.29 is 27.4 Å². The van der Waals surface area contributed by atoms with Crippen molar-refractivity contribution in [2.24, 2.45) is 5.84 Å². The summed E-state index contributed by atoms with van der Waals surface area (Å²) in [4.78, 5) is 20.7. The molecule has 0 amide bonds. The zero-order chi connectivity index (χ0) is 18.8. The van der Waals surface area contributed by atoms with Gasteiger partial charge in [0.2, 0.25) is 0 Å². The predicted octanol–water partition coefficient (Wildman–Crippen LogP) is 0.816. The summed E-state index contributed by atoms with van der Waals surface area (Å²) in [6, 6.07) is 0.0113. The summed E-state index contributed by atoms with van der Waals surface area (Å²) < 4.78 is 46.8. The van der Waals surface area contributed by atoms with E-state index in [0.717, 1.165) is 0 Å². The average molecular weight is 364 g/mol. The molecule has 0 radical (unpaired) electrons. The van der Waals surface area contributed by atoms with Crippen LogP contribution in [0.5, 0.6) is 6.01 Å². The van der Waals surface area contributed by atoms with Crippen molar-refractivity contribution in [3.05, 3.63) is 0 Å². The highest BCUT2D eigenvalue weighted by Crippen LogP contribution is 2.33. The molecular formula is C13H19F3N6O3. The Bertz CT molecular complexity index is 640. The highest BCUT2D eigenvalue weighted by atomic mass is 19.4. The normalized spacial score (nSPS) is 17.7. The SMILES string of the molecule is CC(C)Oc1nc(N)c(NN)c(N2CCC(OC(=O)C(F)(F)F)C2)n1. The quantitative estimate of drug-likeness (QED) is 0.395. The number of nitrogen functional groups attached to an aromatic ring is 2. The summed E-state index contributed by atoms with van der Waals surface area (Å²) in [5.74, 6) is 3.50. The van der Waals surface area contributed by atoms with Crippen molar-refractivity contribution in [3.8, 4) is 6.01 Å². The first-order valence-corrected chi connectivity index (χ1v) is 7.45. The Balaban J connectivity index is 2.18.